The number of rotatable bonds is 1. The van der Waals surface area contributed by atoms with Gasteiger partial charge in [-0.15, -0.1) is 0 Å². The van der Waals surface area contributed by atoms with Gasteiger partial charge in [0, 0.05) is 37.8 Å². The quantitative estimate of drug-likeness (QED) is 0.427. The number of aromatic nitrogens is 2. The molecule has 2 rings (SSSR count). The summed E-state index contributed by atoms with van der Waals surface area (Å²) in [7, 11) is 0. The average molecular weight is 238 g/mol. The molecule has 2 aromatic heterocycles. The fourth-order valence-electron chi connectivity index (χ4n) is 1.14. The summed E-state index contributed by atoms with van der Waals surface area (Å²) in [5, 5.41) is 11.3. The summed E-state index contributed by atoms with van der Waals surface area (Å²) in [5.41, 5.74) is 1.27. The molecule has 0 amide bonds. The van der Waals surface area contributed by atoms with Crippen molar-refractivity contribution in [2.45, 2.75) is 0 Å². The Bertz CT molecular complexity index is 406. The summed E-state index contributed by atoms with van der Waals surface area (Å²) in [6.45, 7) is 0. The largest absolute Gasteiger partial charge is 0.618 e. The summed E-state index contributed by atoms with van der Waals surface area (Å²) in [6, 6.07) is 10.7. The van der Waals surface area contributed by atoms with Crippen LogP contribution in [0.25, 0.3) is 11.4 Å². The van der Waals surface area contributed by atoms with E-state index < -0.39 is 0 Å². The van der Waals surface area contributed by atoms with Gasteiger partial charge in [-0.3, -0.25) is 0 Å². The molecule has 3 nitrogen and oxygen atoms in total. The molecule has 0 saturated heterocycles. The van der Waals surface area contributed by atoms with Gasteiger partial charge in [0.25, 0.3) is 0 Å². The Hall–Kier alpha value is -1.28. The van der Waals surface area contributed by atoms with E-state index >= 15 is 0 Å². The van der Waals surface area contributed by atoms with E-state index in [0.717, 1.165) is 4.73 Å². The van der Waals surface area contributed by atoms with Crippen LogP contribution in [0.1, 0.15) is 0 Å². The van der Waals surface area contributed by atoms with Crippen LogP contribution in [0.5, 0.6) is 0 Å². The van der Waals surface area contributed by atoms with Crippen LogP contribution in [0, 0.1) is 5.21 Å². The minimum atomic E-state index is 0. The molecule has 0 aliphatic heterocycles. The smallest absolute Gasteiger partial charge is 0.242 e. The Labute approximate surface area is 94.8 Å². The molecule has 0 aliphatic rings. The third kappa shape index (κ3) is 2.15. The summed E-state index contributed by atoms with van der Waals surface area (Å²) in [6.07, 6.45) is 3.13. The molecule has 14 heavy (non-hydrogen) atoms. The van der Waals surface area contributed by atoms with Crippen molar-refractivity contribution >= 4 is 0 Å². The maximum absolute atomic E-state index is 11.3. The van der Waals surface area contributed by atoms with Gasteiger partial charge in [-0.2, -0.15) is 4.73 Å². The van der Waals surface area contributed by atoms with Gasteiger partial charge in [0.2, 0.25) is 5.69 Å². The first kappa shape index (κ1) is 10.8. The van der Waals surface area contributed by atoms with Gasteiger partial charge in [-0.1, -0.05) is 6.07 Å². The topological polar surface area (TPSA) is 39.8 Å². The Balaban J connectivity index is 0.000000980. The molecular formula is C10H8N2OZn. The second-order valence-electron chi connectivity index (χ2n) is 2.63. The molecule has 0 bridgehead atoms. The monoisotopic (exact) mass is 236 g/mol. The fraction of sp³-hybridized carbons (Fsp3) is 0. The molecular weight excluding hydrogens is 230 g/mol. The zero-order valence-corrected chi connectivity index (χ0v) is 10.6. The molecule has 2 aromatic rings. The van der Waals surface area contributed by atoms with Gasteiger partial charge < -0.3 is 5.21 Å². The maximum Gasteiger partial charge on any atom is 0.242 e. The first-order valence-corrected chi connectivity index (χ1v) is 3.97. The van der Waals surface area contributed by atoms with Crippen LogP contribution >= 0.6 is 0 Å². The minimum Gasteiger partial charge on any atom is -0.618 e. The van der Waals surface area contributed by atoms with Crippen molar-refractivity contribution in [2.24, 2.45) is 0 Å². The molecule has 0 radical (unpaired) electrons. The molecule has 2 heterocycles. The molecule has 4 heteroatoms. The summed E-state index contributed by atoms with van der Waals surface area (Å²) in [4.78, 5) is 4.09. The Kier molecular flexibility index (Phi) is 3.72. The molecule has 0 unspecified atom stereocenters. The normalized spacial score (nSPS) is 9.14. The molecule has 66 valence electrons. The minimum absolute atomic E-state index is 0. The van der Waals surface area contributed by atoms with Gasteiger partial charge in [0.15, 0.2) is 6.20 Å². The Morgan fingerprint density at radius 1 is 1.07 bits per heavy atom. The van der Waals surface area contributed by atoms with Crippen molar-refractivity contribution in [1.82, 2.24) is 4.98 Å². The van der Waals surface area contributed by atoms with Crippen molar-refractivity contribution in [3.8, 4) is 11.4 Å². The van der Waals surface area contributed by atoms with Crippen LogP contribution < -0.4 is 4.73 Å². The van der Waals surface area contributed by atoms with E-state index in [-0.39, 0.29) is 19.5 Å². The predicted octanol–water partition coefficient (Wildman–Crippen LogP) is 1.38. The van der Waals surface area contributed by atoms with Gasteiger partial charge in [0.05, 0.1) is 0 Å². The van der Waals surface area contributed by atoms with Crippen molar-refractivity contribution in [1.29, 1.82) is 0 Å². The van der Waals surface area contributed by atoms with E-state index in [1.54, 1.807) is 18.3 Å². The fourth-order valence-corrected chi connectivity index (χ4v) is 1.14. The summed E-state index contributed by atoms with van der Waals surface area (Å²) >= 11 is 0. The summed E-state index contributed by atoms with van der Waals surface area (Å²) < 4.78 is 0.808. The van der Waals surface area contributed by atoms with E-state index in [1.165, 1.54) is 6.20 Å². The van der Waals surface area contributed by atoms with Crippen LogP contribution in [-0.4, -0.2) is 4.98 Å². The van der Waals surface area contributed by atoms with Crippen LogP contribution in [0.15, 0.2) is 48.8 Å². The Morgan fingerprint density at radius 3 is 2.50 bits per heavy atom. The second kappa shape index (κ2) is 4.82. The van der Waals surface area contributed by atoms with E-state index in [1.807, 2.05) is 24.3 Å². The van der Waals surface area contributed by atoms with E-state index in [4.69, 9.17) is 0 Å². The van der Waals surface area contributed by atoms with Crippen molar-refractivity contribution in [2.75, 3.05) is 0 Å². The number of nitrogens with zero attached hydrogens (tertiary/aromatic N) is 2. The van der Waals surface area contributed by atoms with Gasteiger partial charge in [-0.05, 0) is 18.2 Å². The van der Waals surface area contributed by atoms with E-state index in [0.29, 0.717) is 11.4 Å². The number of pyridine rings is 2. The van der Waals surface area contributed by atoms with Crippen LogP contribution in [0.3, 0.4) is 0 Å². The first-order valence-electron chi connectivity index (χ1n) is 3.97. The number of hydrogen-bond acceptors (Lipinski definition) is 2. The van der Waals surface area contributed by atoms with Crippen molar-refractivity contribution < 1.29 is 24.2 Å². The average Bonchev–Trinajstić information content (AvgIpc) is 2.20. The van der Waals surface area contributed by atoms with Crippen molar-refractivity contribution in [3.05, 3.63) is 54.0 Å². The van der Waals surface area contributed by atoms with Gasteiger partial charge >= 0.3 is 0 Å². The second-order valence-corrected chi connectivity index (χ2v) is 2.63. The third-order valence-electron chi connectivity index (χ3n) is 1.75. The van der Waals surface area contributed by atoms with Gasteiger partial charge in [0.1, 0.15) is 5.69 Å². The van der Waals surface area contributed by atoms with Crippen LogP contribution in [-0.2, 0) is 19.5 Å². The molecule has 0 N–H and O–H groups in total. The maximum atomic E-state index is 11.3. The molecule has 0 aliphatic carbocycles. The first-order chi connectivity index (χ1) is 6.38. The van der Waals surface area contributed by atoms with Crippen LogP contribution in [0.4, 0.5) is 0 Å². The Morgan fingerprint density at radius 2 is 1.86 bits per heavy atom. The third-order valence-corrected chi connectivity index (χ3v) is 1.75. The van der Waals surface area contributed by atoms with Gasteiger partial charge in [-0.25, -0.2) is 4.98 Å². The van der Waals surface area contributed by atoms with Crippen molar-refractivity contribution in [3.63, 3.8) is 0 Å². The zero-order valence-electron chi connectivity index (χ0n) is 7.63. The molecule has 0 saturated carbocycles. The van der Waals surface area contributed by atoms with Crippen LogP contribution in [0.2, 0.25) is 0 Å². The standard InChI is InChI=1S/C10H8N2O.Zn/c13-12-8-4-2-6-10(12)9-5-1-3-7-11-9;/h1-8H;. The molecule has 0 atom stereocenters. The summed E-state index contributed by atoms with van der Waals surface area (Å²) in [5.74, 6) is 0. The predicted molar refractivity (Wildman–Crippen MR) is 48.6 cm³/mol. The zero-order chi connectivity index (χ0) is 9.10. The molecule has 0 aromatic carbocycles. The van der Waals surface area contributed by atoms with E-state index in [2.05, 4.69) is 4.98 Å². The van der Waals surface area contributed by atoms with E-state index in [9.17, 15) is 5.21 Å². The molecule has 0 fully saturated rings. The SMILES string of the molecule is [O-][n+]1ccccc1-c1ccccn1.[Zn]. The number of hydrogen-bond donors (Lipinski definition) is 0. The molecule has 0 spiro atoms.